The molecule has 0 aromatic carbocycles. The second-order valence-corrected chi connectivity index (χ2v) is 4.20. The van der Waals surface area contributed by atoms with E-state index in [0.717, 1.165) is 11.3 Å². The van der Waals surface area contributed by atoms with E-state index in [1.54, 1.807) is 10.7 Å². The third kappa shape index (κ3) is 1.41. The number of hydrogen-bond donors (Lipinski definition) is 0. The highest BCUT2D eigenvalue weighted by molar-refractivity contribution is 5.37. The Labute approximate surface area is 77.4 Å². The Balaban J connectivity index is 2.61. The van der Waals surface area contributed by atoms with Crippen molar-refractivity contribution in [3.05, 3.63) is 30.2 Å². The highest BCUT2D eigenvalue weighted by Gasteiger charge is 2.15. The minimum absolute atomic E-state index is 0.0957. The van der Waals surface area contributed by atoms with Gasteiger partial charge in [-0.3, -0.25) is 0 Å². The molecule has 0 atom stereocenters. The van der Waals surface area contributed by atoms with Gasteiger partial charge in [-0.15, -0.1) is 0 Å². The first-order valence-electron chi connectivity index (χ1n) is 4.38. The van der Waals surface area contributed by atoms with Crippen molar-refractivity contribution in [2.24, 2.45) is 0 Å². The van der Waals surface area contributed by atoms with Gasteiger partial charge in [0.05, 0.1) is 5.69 Å². The maximum atomic E-state index is 4.46. The van der Waals surface area contributed by atoms with Gasteiger partial charge in [0.25, 0.3) is 0 Å². The fourth-order valence-corrected chi connectivity index (χ4v) is 1.22. The average Bonchev–Trinajstić information content (AvgIpc) is 2.47. The average molecular weight is 175 g/mol. The fourth-order valence-electron chi connectivity index (χ4n) is 1.22. The molecule has 3 nitrogen and oxygen atoms in total. The van der Waals surface area contributed by atoms with Gasteiger partial charge in [-0.1, -0.05) is 20.8 Å². The van der Waals surface area contributed by atoms with Crippen LogP contribution in [0.3, 0.4) is 0 Å². The van der Waals surface area contributed by atoms with E-state index in [0.29, 0.717) is 0 Å². The molecule has 0 radical (unpaired) electrons. The molecule has 2 aromatic rings. The Hall–Kier alpha value is -1.38. The smallest absolute Gasteiger partial charge is 0.153 e. The number of fused-ring (bicyclic) bond motifs is 1. The second-order valence-electron chi connectivity index (χ2n) is 4.20. The molecule has 2 aromatic heterocycles. The van der Waals surface area contributed by atoms with Gasteiger partial charge in [0.15, 0.2) is 5.65 Å². The summed E-state index contributed by atoms with van der Waals surface area (Å²) in [5.74, 6) is 0. The Bertz CT molecular complexity index is 423. The van der Waals surface area contributed by atoms with Crippen LogP contribution in [0.15, 0.2) is 24.5 Å². The molecule has 0 N–H and O–H groups in total. The molecule has 0 aliphatic heterocycles. The largest absolute Gasteiger partial charge is 0.236 e. The number of imidazole rings is 1. The zero-order valence-corrected chi connectivity index (χ0v) is 8.15. The number of hydrogen-bond acceptors (Lipinski definition) is 2. The summed E-state index contributed by atoms with van der Waals surface area (Å²) in [5, 5.41) is 4.46. The van der Waals surface area contributed by atoms with Crippen molar-refractivity contribution in [2.75, 3.05) is 0 Å². The Morgan fingerprint density at radius 3 is 2.69 bits per heavy atom. The summed E-state index contributed by atoms with van der Waals surface area (Å²) in [4.78, 5) is 4.14. The lowest BCUT2D eigenvalue weighted by molar-refractivity contribution is 0.554. The summed E-state index contributed by atoms with van der Waals surface area (Å²) >= 11 is 0. The molecule has 13 heavy (non-hydrogen) atoms. The molecule has 0 unspecified atom stereocenters. The van der Waals surface area contributed by atoms with E-state index >= 15 is 0 Å². The third-order valence-electron chi connectivity index (χ3n) is 2.02. The van der Waals surface area contributed by atoms with Gasteiger partial charge in [-0.05, 0) is 12.1 Å². The Kier molecular flexibility index (Phi) is 1.62. The summed E-state index contributed by atoms with van der Waals surface area (Å²) in [7, 11) is 0. The van der Waals surface area contributed by atoms with E-state index in [1.165, 1.54) is 0 Å². The molecular weight excluding hydrogens is 162 g/mol. The SMILES string of the molecule is CC(C)(C)c1ccc2nccn2n1. The van der Waals surface area contributed by atoms with Crippen LogP contribution < -0.4 is 0 Å². The second kappa shape index (κ2) is 2.55. The summed E-state index contributed by atoms with van der Waals surface area (Å²) in [5.41, 5.74) is 2.07. The van der Waals surface area contributed by atoms with Crippen LogP contribution >= 0.6 is 0 Å². The first kappa shape index (κ1) is 8.23. The van der Waals surface area contributed by atoms with Gasteiger partial charge >= 0.3 is 0 Å². The summed E-state index contributed by atoms with van der Waals surface area (Å²) in [6.07, 6.45) is 3.62. The summed E-state index contributed by atoms with van der Waals surface area (Å²) < 4.78 is 1.81. The molecule has 0 bridgehead atoms. The van der Waals surface area contributed by atoms with Crippen LogP contribution in [-0.2, 0) is 5.41 Å². The van der Waals surface area contributed by atoms with Gasteiger partial charge in [0, 0.05) is 17.8 Å². The fraction of sp³-hybridized carbons (Fsp3) is 0.400. The molecule has 2 rings (SSSR count). The minimum Gasteiger partial charge on any atom is -0.236 e. The van der Waals surface area contributed by atoms with Gasteiger partial charge in [-0.2, -0.15) is 5.10 Å². The zero-order chi connectivity index (χ0) is 9.47. The van der Waals surface area contributed by atoms with E-state index in [4.69, 9.17) is 0 Å². The standard InChI is InChI=1S/C10H13N3/c1-10(2,3)8-4-5-9-11-6-7-13(9)12-8/h4-7H,1-3H3. The summed E-state index contributed by atoms with van der Waals surface area (Å²) in [6.45, 7) is 6.45. The van der Waals surface area contributed by atoms with E-state index in [9.17, 15) is 0 Å². The van der Waals surface area contributed by atoms with Crippen LogP contribution in [0.5, 0.6) is 0 Å². The third-order valence-corrected chi connectivity index (χ3v) is 2.02. The van der Waals surface area contributed by atoms with Crippen molar-refractivity contribution in [1.82, 2.24) is 14.6 Å². The minimum atomic E-state index is 0.0957. The van der Waals surface area contributed by atoms with E-state index in [-0.39, 0.29) is 5.41 Å². The normalized spacial score (nSPS) is 12.2. The summed E-state index contributed by atoms with van der Waals surface area (Å²) in [6, 6.07) is 4.02. The quantitative estimate of drug-likeness (QED) is 0.613. The van der Waals surface area contributed by atoms with E-state index < -0.39 is 0 Å². The van der Waals surface area contributed by atoms with Crippen LogP contribution in [0, 0.1) is 0 Å². The topological polar surface area (TPSA) is 30.2 Å². The first-order valence-corrected chi connectivity index (χ1v) is 4.38. The molecule has 0 spiro atoms. The van der Waals surface area contributed by atoms with Crippen molar-refractivity contribution in [2.45, 2.75) is 26.2 Å². The lowest BCUT2D eigenvalue weighted by Crippen LogP contribution is -2.14. The molecule has 2 heterocycles. The molecule has 68 valence electrons. The molecule has 0 aliphatic carbocycles. The van der Waals surface area contributed by atoms with Crippen molar-refractivity contribution in [3.8, 4) is 0 Å². The first-order chi connectivity index (χ1) is 6.07. The molecule has 0 fully saturated rings. The van der Waals surface area contributed by atoms with Crippen molar-refractivity contribution >= 4 is 5.65 Å². The predicted octanol–water partition coefficient (Wildman–Crippen LogP) is 2.03. The van der Waals surface area contributed by atoms with Crippen molar-refractivity contribution in [1.29, 1.82) is 0 Å². The number of aromatic nitrogens is 3. The molecule has 3 heteroatoms. The molecule has 0 amide bonds. The van der Waals surface area contributed by atoms with Gasteiger partial charge in [-0.25, -0.2) is 9.50 Å². The zero-order valence-electron chi connectivity index (χ0n) is 8.15. The Morgan fingerprint density at radius 1 is 1.23 bits per heavy atom. The van der Waals surface area contributed by atoms with Crippen molar-refractivity contribution < 1.29 is 0 Å². The molecule has 0 saturated heterocycles. The maximum Gasteiger partial charge on any atom is 0.153 e. The molecule has 0 saturated carbocycles. The van der Waals surface area contributed by atoms with E-state index in [2.05, 4.69) is 30.9 Å². The monoisotopic (exact) mass is 175 g/mol. The maximum absolute atomic E-state index is 4.46. The number of rotatable bonds is 0. The van der Waals surface area contributed by atoms with Crippen LogP contribution in [-0.4, -0.2) is 14.6 Å². The highest BCUT2D eigenvalue weighted by atomic mass is 15.2. The van der Waals surface area contributed by atoms with Gasteiger partial charge in [0.1, 0.15) is 0 Å². The van der Waals surface area contributed by atoms with Gasteiger partial charge in [0.2, 0.25) is 0 Å². The van der Waals surface area contributed by atoms with Crippen LogP contribution in [0.25, 0.3) is 5.65 Å². The van der Waals surface area contributed by atoms with Crippen LogP contribution in [0.2, 0.25) is 0 Å². The van der Waals surface area contributed by atoms with E-state index in [1.807, 2.05) is 18.3 Å². The lowest BCUT2D eigenvalue weighted by atomic mass is 9.92. The van der Waals surface area contributed by atoms with Crippen LogP contribution in [0.4, 0.5) is 0 Å². The number of nitrogens with zero attached hydrogens (tertiary/aromatic N) is 3. The lowest BCUT2D eigenvalue weighted by Gasteiger charge is -2.16. The van der Waals surface area contributed by atoms with Gasteiger partial charge < -0.3 is 0 Å². The highest BCUT2D eigenvalue weighted by Crippen LogP contribution is 2.19. The predicted molar refractivity (Wildman–Crippen MR) is 51.7 cm³/mol. The van der Waals surface area contributed by atoms with Crippen LogP contribution in [0.1, 0.15) is 26.5 Å². The van der Waals surface area contributed by atoms with Crippen molar-refractivity contribution in [3.63, 3.8) is 0 Å². The molecule has 0 aliphatic rings. The Morgan fingerprint density at radius 2 is 2.00 bits per heavy atom. The molecular formula is C10H13N3.